The van der Waals surface area contributed by atoms with E-state index in [4.69, 9.17) is 5.11 Å². The van der Waals surface area contributed by atoms with E-state index in [0.717, 1.165) is 6.08 Å². The Morgan fingerprint density at radius 1 is 1.11 bits per heavy atom. The molecular formula is C15H22Na2O9S. The predicted octanol–water partition coefficient (Wildman–Crippen LogP) is -5.99. The van der Waals surface area contributed by atoms with Crippen LogP contribution in [0.15, 0.2) is 37.0 Å². The molecule has 9 nitrogen and oxygen atoms in total. The smallest absolute Gasteiger partial charge is 0.748 e. The van der Waals surface area contributed by atoms with E-state index in [2.05, 4.69) is 24.5 Å². The fourth-order valence-electron chi connectivity index (χ4n) is 0.769. The van der Waals surface area contributed by atoms with Gasteiger partial charge >= 0.3 is 71.1 Å². The zero-order valence-electron chi connectivity index (χ0n) is 16.5. The molecule has 144 valence electrons. The van der Waals surface area contributed by atoms with E-state index in [1.807, 2.05) is 0 Å². The molecule has 0 heterocycles. The molecule has 0 aromatic heterocycles. The average Bonchev–Trinajstić information content (AvgIpc) is 2.36. The third kappa shape index (κ3) is 33.5. The second-order valence-electron chi connectivity index (χ2n) is 5.24. The van der Waals surface area contributed by atoms with Gasteiger partial charge in [-0.25, -0.2) is 18.0 Å². The van der Waals surface area contributed by atoms with Crippen molar-refractivity contribution in [2.75, 3.05) is 5.75 Å². The number of carbonyl (C=O) groups is 3. The first-order valence-corrected chi connectivity index (χ1v) is 8.07. The Morgan fingerprint density at radius 2 is 1.41 bits per heavy atom. The van der Waals surface area contributed by atoms with Gasteiger partial charge in [-0.2, -0.15) is 0 Å². The Balaban J connectivity index is -0.0000000978. The molecule has 0 aliphatic carbocycles. The van der Waals surface area contributed by atoms with Crippen molar-refractivity contribution >= 4 is 28.0 Å². The van der Waals surface area contributed by atoms with Gasteiger partial charge in [-0.3, -0.25) is 0 Å². The van der Waals surface area contributed by atoms with Crippen molar-refractivity contribution in [3.8, 4) is 0 Å². The minimum Gasteiger partial charge on any atom is -0.748 e. The largest absolute Gasteiger partial charge is 1.00 e. The molecule has 0 fully saturated rings. The normalized spacial score (nSPS) is 9.22. The first kappa shape index (κ1) is 37.3. The van der Waals surface area contributed by atoms with E-state index in [1.54, 1.807) is 0 Å². The van der Waals surface area contributed by atoms with Crippen LogP contribution in [0, 0.1) is 0 Å². The van der Waals surface area contributed by atoms with Crippen LogP contribution >= 0.6 is 0 Å². The van der Waals surface area contributed by atoms with Crippen molar-refractivity contribution in [3.05, 3.63) is 37.0 Å². The standard InChI is InChI=1S/C7H12O5S.2C4H6O2.2Na/c1-4-6(8)12-7(2,3)5-13(9,10)11;2*1-3(2)4(5)6;;/h4H,1,5H2,2-3H3,(H,9,10,11);2*1H2,2H3,(H,5,6);;/q;;;2*+1/p-2. The zero-order valence-corrected chi connectivity index (χ0v) is 21.3. The molecule has 0 spiro atoms. The number of carboxylic acids is 2. The maximum Gasteiger partial charge on any atom is 1.00 e. The topological polar surface area (TPSA) is 161 Å². The van der Waals surface area contributed by atoms with Crippen LogP contribution in [0.5, 0.6) is 0 Å². The third-order valence-electron chi connectivity index (χ3n) is 1.78. The van der Waals surface area contributed by atoms with Crippen LogP contribution < -0.4 is 64.2 Å². The summed E-state index contributed by atoms with van der Waals surface area (Å²) < 4.78 is 35.7. The third-order valence-corrected chi connectivity index (χ3v) is 2.83. The molecule has 0 aromatic rings. The van der Waals surface area contributed by atoms with Crippen molar-refractivity contribution in [3.63, 3.8) is 0 Å². The summed E-state index contributed by atoms with van der Waals surface area (Å²) in [6.07, 6.45) is 0.902. The van der Waals surface area contributed by atoms with Gasteiger partial charge in [0.1, 0.15) is 5.60 Å². The van der Waals surface area contributed by atoms with Gasteiger partial charge in [0, 0.05) is 11.6 Å². The summed E-state index contributed by atoms with van der Waals surface area (Å²) in [4.78, 5) is 29.8. The van der Waals surface area contributed by atoms with E-state index < -0.39 is 39.4 Å². The maximum absolute atomic E-state index is 10.7. The van der Waals surface area contributed by atoms with Gasteiger partial charge < -0.3 is 24.3 Å². The summed E-state index contributed by atoms with van der Waals surface area (Å²) in [5.74, 6) is -3.63. The van der Waals surface area contributed by atoms with Crippen molar-refractivity contribution in [1.82, 2.24) is 0 Å². The molecule has 0 aliphatic rings. The fraction of sp³-hybridized carbons (Fsp3) is 0.400. The summed E-state index contributed by atoms with van der Waals surface area (Å²) in [5, 5.41) is 17.4. The number of esters is 1. The van der Waals surface area contributed by atoms with Gasteiger partial charge in [0.25, 0.3) is 0 Å². The first-order chi connectivity index (χ1) is 10.9. The van der Waals surface area contributed by atoms with Crippen LogP contribution in [-0.4, -0.2) is 47.3 Å². The number of carbonyl (C=O) groups excluding carboxylic acids is 2. The summed E-state index contributed by atoms with van der Waals surface area (Å²) in [6, 6.07) is 0. The van der Waals surface area contributed by atoms with Crippen LogP contribution in [0.1, 0.15) is 27.7 Å². The number of hydrogen-bond acceptors (Lipinski definition) is 8. The SMILES string of the molecule is C=C(C)C(=O)O.C=C(C)C(=O)[O-].C=CC(=O)OC(C)(C)CS(=O)(=O)[O-].[Na+].[Na+]. The molecule has 0 aromatic carbocycles. The quantitative estimate of drug-likeness (QED) is 0.189. The molecule has 0 atom stereocenters. The Kier molecular flexibility index (Phi) is 24.4. The Bertz CT molecular complexity index is 590. The molecule has 0 aliphatic heterocycles. The van der Waals surface area contributed by atoms with Crippen LogP contribution in [0.4, 0.5) is 0 Å². The van der Waals surface area contributed by atoms with Gasteiger partial charge in [0.05, 0.1) is 21.8 Å². The minimum atomic E-state index is -4.40. The summed E-state index contributed by atoms with van der Waals surface area (Å²) in [5.41, 5.74) is -1.07. The zero-order chi connectivity index (χ0) is 21.0. The van der Waals surface area contributed by atoms with Crippen molar-refractivity contribution < 1.29 is 101 Å². The average molecular weight is 424 g/mol. The van der Waals surface area contributed by atoms with Gasteiger partial charge in [-0.15, -0.1) is 0 Å². The molecule has 0 rings (SSSR count). The molecule has 1 N–H and O–H groups in total. The molecule has 12 heteroatoms. The second kappa shape index (κ2) is 17.6. The van der Waals surface area contributed by atoms with Crippen molar-refractivity contribution in [2.24, 2.45) is 0 Å². The van der Waals surface area contributed by atoms with Crippen LogP contribution in [0.2, 0.25) is 0 Å². The maximum atomic E-state index is 10.7. The predicted molar refractivity (Wildman–Crippen MR) is 87.2 cm³/mol. The van der Waals surface area contributed by atoms with E-state index >= 15 is 0 Å². The van der Waals surface area contributed by atoms with Crippen LogP contribution in [0.3, 0.4) is 0 Å². The monoisotopic (exact) mass is 424 g/mol. The fourth-order valence-corrected chi connectivity index (χ4v) is 1.68. The molecule has 0 bridgehead atoms. The summed E-state index contributed by atoms with van der Waals surface area (Å²) >= 11 is 0. The van der Waals surface area contributed by atoms with E-state index in [9.17, 15) is 32.5 Å². The van der Waals surface area contributed by atoms with Gasteiger partial charge in [0.15, 0.2) is 0 Å². The molecule has 27 heavy (non-hydrogen) atoms. The van der Waals surface area contributed by atoms with E-state index in [1.165, 1.54) is 27.7 Å². The Labute approximate surface area is 203 Å². The van der Waals surface area contributed by atoms with E-state index in [0.29, 0.717) is 0 Å². The van der Waals surface area contributed by atoms with E-state index in [-0.39, 0.29) is 70.3 Å². The molecule has 0 saturated heterocycles. The number of aliphatic carboxylic acids is 2. The molecule has 0 radical (unpaired) electrons. The Morgan fingerprint density at radius 3 is 1.56 bits per heavy atom. The van der Waals surface area contributed by atoms with Gasteiger partial charge in [-0.05, 0) is 33.3 Å². The summed E-state index contributed by atoms with van der Waals surface area (Å²) in [6.45, 7) is 14.9. The van der Waals surface area contributed by atoms with Crippen LogP contribution in [-0.2, 0) is 29.2 Å². The van der Waals surface area contributed by atoms with Crippen LogP contribution in [0.25, 0.3) is 0 Å². The van der Waals surface area contributed by atoms with Gasteiger partial charge in [0.2, 0.25) is 0 Å². The number of ether oxygens (including phenoxy) is 1. The molecule has 0 saturated carbocycles. The Hall–Kier alpha value is -0.460. The van der Waals surface area contributed by atoms with Crippen molar-refractivity contribution in [1.29, 1.82) is 0 Å². The van der Waals surface area contributed by atoms with Gasteiger partial charge in [-0.1, -0.05) is 19.7 Å². The molecule has 0 unspecified atom stereocenters. The number of rotatable bonds is 6. The molecule has 0 amide bonds. The number of hydrogen-bond donors (Lipinski definition) is 1. The summed E-state index contributed by atoms with van der Waals surface area (Å²) in [7, 11) is -4.40. The first-order valence-electron chi connectivity index (χ1n) is 6.49. The second-order valence-corrected chi connectivity index (χ2v) is 6.64. The van der Waals surface area contributed by atoms with Crippen molar-refractivity contribution in [2.45, 2.75) is 33.3 Å². The minimum absolute atomic E-state index is 0. The number of carboxylic acid groups (broad SMARTS) is 2. The molecular weight excluding hydrogens is 402 g/mol.